The zero-order valence-corrected chi connectivity index (χ0v) is 20.0. The Morgan fingerprint density at radius 1 is 0.968 bits per heavy atom. The van der Waals surface area contributed by atoms with Crippen LogP contribution in [0.1, 0.15) is 77.3 Å². The highest BCUT2D eigenvalue weighted by Crippen LogP contribution is 2.19. The van der Waals surface area contributed by atoms with Crippen LogP contribution in [0, 0.1) is 5.92 Å². The molecule has 2 amide bonds. The summed E-state index contributed by atoms with van der Waals surface area (Å²) in [6.45, 7) is 12.3. The molecule has 0 bridgehead atoms. The fraction of sp³-hybridized carbons (Fsp3) is 0.464. The molecular weight excluding hydrogens is 380 g/mol. The van der Waals surface area contributed by atoms with Crippen molar-refractivity contribution in [3.05, 3.63) is 71.3 Å². The van der Waals surface area contributed by atoms with E-state index in [1.807, 2.05) is 23.1 Å². The average Bonchev–Trinajstić information content (AvgIpc) is 2.74. The van der Waals surface area contributed by atoms with Crippen molar-refractivity contribution in [2.45, 2.75) is 66.2 Å². The van der Waals surface area contributed by atoms with E-state index in [1.54, 1.807) is 0 Å². The summed E-state index contributed by atoms with van der Waals surface area (Å²) in [5, 5.41) is 3.11. The maximum Gasteiger partial charge on any atom is 0.322 e. The van der Waals surface area contributed by atoms with Gasteiger partial charge in [-0.3, -0.25) is 0 Å². The Hall–Kier alpha value is -2.55. The largest absolute Gasteiger partial charge is 0.322 e. The lowest BCUT2D eigenvalue weighted by molar-refractivity contribution is 0.209. The molecule has 1 N–H and O–H groups in total. The van der Waals surface area contributed by atoms with E-state index in [0.717, 1.165) is 25.1 Å². The summed E-state index contributed by atoms with van der Waals surface area (Å²) in [6, 6.07) is 18.6. The number of hydrogen-bond donors (Lipinski definition) is 1. The van der Waals surface area contributed by atoms with E-state index in [0.29, 0.717) is 18.4 Å². The third kappa shape index (κ3) is 9.00. The first-order valence-electron chi connectivity index (χ1n) is 11.8. The van der Waals surface area contributed by atoms with E-state index < -0.39 is 0 Å². The molecule has 0 aliphatic carbocycles. The fourth-order valence-electron chi connectivity index (χ4n) is 3.64. The van der Waals surface area contributed by atoms with Gasteiger partial charge in [-0.1, -0.05) is 102 Å². The molecule has 0 spiro atoms. The summed E-state index contributed by atoms with van der Waals surface area (Å²) in [5.74, 6) is 0.888. The number of carbonyl (C=O) groups is 1. The van der Waals surface area contributed by atoms with E-state index >= 15 is 0 Å². The quantitative estimate of drug-likeness (QED) is 0.367. The Morgan fingerprint density at radius 2 is 1.65 bits per heavy atom. The summed E-state index contributed by atoms with van der Waals surface area (Å²) in [5.41, 5.74) is 4.64. The van der Waals surface area contributed by atoms with Crippen molar-refractivity contribution < 1.29 is 4.79 Å². The molecule has 0 heterocycles. The smallest absolute Gasteiger partial charge is 0.320 e. The monoisotopic (exact) mass is 420 g/mol. The normalized spacial score (nSPS) is 11.8. The Bertz CT molecular complexity index is 807. The zero-order chi connectivity index (χ0) is 22.6. The van der Waals surface area contributed by atoms with Crippen molar-refractivity contribution in [2.75, 3.05) is 18.4 Å². The molecule has 0 aromatic heterocycles. The zero-order valence-electron chi connectivity index (χ0n) is 20.0. The van der Waals surface area contributed by atoms with Gasteiger partial charge in [0, 0.05) is 18.8 Å². The van der Waals surface area contributed by atoms with Crippen LogP contribution in [0.25, 0.3) is 6.08 Å². The van der Waals surface area contributed by atoms with E-state index in [4.69, 9.17) is 0 Å². The maximum atomic E-state index is 13.2. The molecule has 0 fully saturated rings. The Labute approximate surface area is 189 Å². The van der Waals surface area contributed by atoms with Crippen LogP contribution >= 0.6 is 0 Å². The van der Waals surface area contributed by atoms with Crippen molar-refractivity contribution in [3.8, 4) is 0 Å². The number of rotatable bonds is 11. The first kappa shape index (κ1) is 24.7. The van der Waals surface area contributed by atoms with Crippen LogP contribution in [0.2, 0.25) is 0 Å². The van der Waals surface area contributed by atoms with Crippen LogP contribution in [-0.2, 0) is 0 Å². The van der Waals surface area contributed by atoms with Gasteiger partial charge in [-0.05, 0) is 47.9 Å². The van der Waals surface area contributed by atoms with Gasteiger partial charge in [0.2, 0.25) is 0 Å². The van der Waals surface area contributed by atoms with Crippen LogP contribution in [0.15, 0.2) is 60.2 Å². The summed E-state index contributed by atoms with van der Waals surface area (Å²) in [6.07, 6.45) is 6.84. The first-order chi connectivity index (χ1) is 14.9. The number of urea groups is 1. The van der Waals surface area contributed by atoms with Crippen molar-refractivity contribution >= 4 is 17.8 Å². The number of nitrogens with one attached hydrogen (secondary N) is 1. The number of nitrogens with zero attached hydrogens (tertiary/aromatic N) is 1. The Balaban J connectivity index is 2.16. The number of carbonyl (C=O) groups excluding carboxylic acids is 1. The van der Waals surface area contributed by atoms with Crippen molar-refractivity contribution in [3.63, 3.8) is 0 Å². The number of amides is 2. The average molecular weight is 421 g/mol. The van der Waals surface area contributed by atoms with Crippen LogP contribution in [0.3, 0.4) is 0 Å². The van der Waals surface area contributed by atoms with Crippen LogP contribution < -0.4 is 5.32 Å². The summed E-state index contributed by atoms with van der Waals surface area (Å²) < 4.78 is 0. The van der Waals surface area contributed by atoms with Gasteiger partial charge >= 0.3 is 6.03 Å². The SMILES string of the molecule is CCCCC/C(=C\c1ccccc1)CN(CC(C)C)C(=O)Nc1ccc(C(C)C)cc1. The number of benzene rings is 2. The van der Waals surface area contributed by atoms with Gasteiger partial charge in [-0.25, -0.2) is 4.79 Å². The predicted molar refractivity (Wildman–Crippen MR) is 135 cm³/mol. The first-order valence-corrected chi connectivity index (χ1v) is 11.8. The van der Waals surface area contributed by atoms with Crippen LogP contribution in [-0.4, -0.2) is 24.0 Å². The van der Waals surface area contributed by atoms with Crippen molar-refractivity contribution in [2.24, 2.45) is 5.92 Å². The molecule has 3 heteroatoms. The van der Waals surface area contributed by atoms with Gasteiger partial charge in [-0.2, -0.15) is 0 Å². The maximum absolute atomic E-state index is 13.2. The molecule has 2 aromatic carbocycles. The number of unbranched alkanes of at least 4 members (excludes halogenated alkanes) is 2. The molecule has 3 nitrogen and oxygen atoms in total. The molecule has 0 aliphatic rings. The van der Waals surface area contributed by atoms with E-state index in [9.17, 15) is 4.79 Å². The molecule has 0 radical (unpaired) electrons. The lowest BCUT2D eigenvalue weighted by Crippen LogP contribution is -2.39. The minimum atomic E-state index is -0.0274. The van der Waals surface area contributed by atoms with Gasteiger partial charge in [0.1, 0.15) is 0 Å². The van der Waals surface area contributed by atoms with Gasteiger partial charge in [0.15, 0.2) is 0 Å². The van der Waals surface area contributed by atoms with Crippen molar-refractivity contribution in [1.29, 1.82) is 0 Å². The topological polar surface area (TPSA) is 32.3 Å². The van der Waals surface area contributed by atoms with Gasteiger partial charge in [-0.15, -0.1) is 0 Å². The van der Waals surface area contributed by atoms with Crippen molar-refractivity contribution in [1.82, 2.24) is 4.90 Å². The van der Waals surface area contributed by atoms with Crippen LogP contribution in [0.4, 0.5) is 10.5 Å². The van der Waals surface area contributed by atoms with E-state index in [2.05, 4.69) is 82.4 Å². The molecule has 31 heavy (non-hydrogen) atoms. The molecule has 0 saturated heterocycles. The summed E-state index contributed by atoms with van der Waals surface area (Å²) >= 11 is 0. The predicted octanol–water partition coefficient (Wildman–Crippen LogP) is 7.96. The number of hydrogen-bond acceptors (Lipinski definition) is 1. The third-order valence-corrected chi connectivity index (χ3v) is 5.37. The lowest BCUT2D eigenvalue weighted by atomic mass is 10.0. The van der Waals surface area contributed by atoms with E-state index in [1.165, 1.54) is 29.5 Å². The highest BCUT2D eigenvalue weighted by atomic mass is 16.2. The molecule has 0 unspecified atom stereocenters. The van der Waals surface area contributed by atoms with Gasteiger partial charge in [0.25, 0.3) is 0 Å². The molecule has 0 atom stereocenters. The summed E-state index contributed by atoms with van der Waals surface area (Å²) in [7, 11) is 0. The van der Waals surface area contributed by atoms with Gasteiger partial charge < -0.3 is 10.2 Å². The minimum absolute atomic E-state index is 0.0274. The minimum Gasteiger partial charge on any atom is -0.320 e. The molecule has 168 valence electrons. The Morgan fingerprint density at radius 3 is 2.23 bits per heavy atom. The third-order valence-electron chi connectivity index (χ3n) is 5.37. The second-order valence-electron chi connectivity index (χ2n) is 9.15. The lowest BCUT2D eigenvalue weighted by Gasteiger charge is -2.26. The second-order valence-corrected chi connectivity index (χ2v) is 9.15. The number of anilines is 1. The standard InChI is InChI=1S/C28H40N2O/c1-6-7-9-14-25(19-24-12-10-8-11-13-24)21-30(20-22(2)3)28(31)29-27-17-15-26(16-18-27)23(4)5/h8,10-13,15-19,22-23H,6-7,9,14,20-21H2,1-5H3,(H,29,31)/b25-19+. The molecule has 0 aliphatic heterocycles. The van der Waals surface area contributed by atoms with Crippen LogP contribution in [0.5, 0.6) is 0 Å². The molecule has 0 saturated carbocycles. The molecular formula is C28H40N2O. The Kier molecular flexibility index (Phi) is 10.4. The molecule has 2 rings (SSSR count). The second kappa shape index (κ2) is 13.0. The highest BCUT2D eigenvalue weighted by molar-refractivity contribution is 5.89. The highest BCUT2D eigenvalue weighted by Gasteiger charge is 2.17. The molecule has 2 aromatic rings. The summed E-state index contributed by atoms with van der Waals surface area (Å²) in [4.78, 5) is 15.1. The fourth-order valence-corrected chi connectivity index (χ4v) is 3.64. The van der Waals surface area contributed by atoms with E-state index in [-0.39, 0.29) is 6.03 Å². The van der Waals surface area contributed by atoms with Gasteiger partial charge in [0.05, 0.1) is 0 Å².